The molecule has 1 aromatic rings. The van der Waals surface area contributed by atoms with Gasteiger partial charge in [-0.1, -0.05) is 31.2 Å². The van der Waals surface area contributed by atoms with Crippen molar-refractivity contribution in [2.75, 3.05) is 13.1 Å². The Bertz CT molecular complexity index is 447. The molecule has 2 N–H and O–H groups in total. The largest absolute Gasteiger partial charge is 0.352 e. The Labute approximate surface area is 114 Å². The van der Waals surface area contributed by atoms with Crippen LogP contribution in [0.15, 0.2) is 24.3 Å². The maximum Gasteiger partial charge on any atom is 0.224 e. The lowest BCUT2D eigenvalue weighted by Crippen LogP contribution is -2.49. The third-order valence-electron chi connectivity index (χ3n) is 4.34. The zero-order valence-corrected chi connectivity index (χ0v) is 11.5. The van der Waals surface area contributed by atoms with Crippen LogP contribution < -0.4 is 10.6 Å². The minimum absolute atomic E-state index is 0.134. The van der Waals surface area contributed by atoms with Crippen LogP contribution in [-0.4, -0.2) is 25.0 Å². The molecule has 0 spiro atoms. The Kier molecular flexibility index (Phi) is 3.56. The average Bonchev–Trinajstić information content (AvgIpc) is 2.82. The zero-order valence-electron chi connectivity index (χ0n) is 11.5. The van der Waals surface area contributed by atoms with Gasteiger partial charge in [0.05, 0.1) is 0 Å². The lowest BCUT2D eigenvalue weighted by Gasteiger charge is -2.29. The molecule has 2 atom stereocenters. The predicted molar refractivity (Wildman–Crippen MR) is 75.9 cm³/mol. The van der Waals surface area contributed by atoms with Crippen LogP contribution in [0.25, 0.3) is 0 Å². The molecule has 1 aliphatic heterocycles. The summed E-state index contributed by atoms with van der Waals surface area (Å²) in [5.74, 6) is 1.02. The molecule has 1 fully saturated rings. The molecule has 0 aromatic heterocycles. The highest BCUT2D eigenvalue weighted by atomic mass is 16.1. The summed E-state index contributed by atoms with van der Waals surface area (Å²) in [5, 5.41) is 6.61. The number of fused-ring (bicyclic) bond motifs is 1. The summed E-state index contributed by atoms with van der Waals surface area (Å²) in [6, 6.07) is 8.72. The molecule has 0 saturated carbocycles. The highest BCUT2D eigenvalue weighted by Crippen LogP contribution is 2.26. The van der Waals surface area contributed by atoms with Gasteiger partial charge in [0.2, 0.25) is 5.91 Å². The van der Waals surface area contributed by atoms with Gasteiger partial charge in [0.1, 0.15) is 0 Å². The van der Waals surface area contributed by atoms with Crippen LogP contribution >= 0.6 is 0 Å². The highest BCUT2D eigenvalue weighted by molar-refractivity contribution is 5.80. The smallest absolute Gasteiger partial charge is 0.224 e. The van der Waals surface area contributed by atoms with E-state index in [-0.39, 0.29) is 11.8 Å². The lowest BCUT2D eigenvalue weighted by atomic mass is 9.96. The molecule has 0 radical (unpaired) electrons. The monoisotopic (exact) mass is 258 g/mol. The van der Waals surface area contributed by atoms with Crippen molar-refractivity contribution in [1.29, 1.82) is 0 Å². The quantitative estimate of drug-likeness (QED) is 0.844. The van der Waals surface area contributed by atoms with Crippen molar-refractivity contribution in [3.8, 4) is 0 Å². The third kappa shape index (κ3) is 2.81. The number of hydrogen-bond acceptors (Lipinski definition) is 2. The first-order valence-electron chi connectivity index (χ1n) is 7.30. The van der Waals surface area contributed by atoms with Gasteiger partial charge in [-0.15, -0.1) is 0 Å². The highest BCUT2D eigenvalue weighted by Gasteiger charge is 2.29. The number of carbonyl (C=O) groups excluding carboxylic acids is 1. The molecule has 1 heterocycles. The van der Waals surface area contributed by atoms with E-state index < -0.39 is 0 Å². The molecule has 3 heteroatoms. The average molecular weight is 258 g/mol. The molecular weight excluding hydrogens is 236 g/mol. The summed E-state index contributed by atoms with van der Waals surface area (Å²) in [6.45, 7) is 4.22. The summed E-state index contributed by atoms with van der Waals surface area (Å²) in [4.78, 5) is 12.3. The molecule has 1 saturated heterocycles. The molecule has 19 heavy (non-hydrogen) atoms. The molecule has 1 amide bonds. The van der Waals surface area contributed by atoms with Crippen molar-refractivity contribution >= 4 is 5.91 Å². The van der Waals surface area contributed by atoms with E-state index in [1.165, 1.54) is 11.1 Å². The van der Waals surface area contributed by atoms with Crippen LogP contribution in [0.3, 0.4) is 0 Å². The van der Waals surface area contributed by atoms with Gasteiger partial charge in [-0.05, 0) is 42.9 Å². The Morgan fingerprint density at radius 1 is 1.21 bits per heavy atom. The summed E-state index contributed by atoms with van der Waals surface area (Å²) < 4.78 is 0. The van der Waals surface area contributed by atoms with Crippen molar-refractivity contribution in [2.24, 2.45) is 11.8 Å². The molecule has 2 unspecified atom stereocenters. The van der Waals surface area contributed by atoms with Crippen LogP contribution in [0.4, 0.5) is 0 Å². The summed E-state index contributed by atoms with van der Waals surface area (Å²) in [5.41, 5.74) is 2.69. The molecule has 3 nitrogen and oxygen atoms in total. The maximum absolute atomic E-state index is 12.3. The molecular formula is C16H22N2O. The van der Waals surface area contributed by atoms with E-state index in [9.17, 15) is 4.79 Å². The van der Waals surface area contributed by atoms with E-state index in [0.717, 1.165) is 32.4 Å². The number of carbonyl (C=O) groups is 1. The van der Waals surface area contributed by atoms with E-state index in [1.807, 2.05) is 0 Å². The summed E-state index contributed by atoms with van der Waals surface area (Å²) in [6.07, 6.45) is 2.90. The lowest BCUT2D eigenvalue weighted by molar-refractivity contribution is -0.125. The topological polar surface area (TPSA) is 41.1 Å². The van der Waals surface area contributed by atoms with Gasteiger partial charge in [-0.25, -0.2) is 0 Å². The van der Waals surface area contributed by atoms with E-state index in [0.29, 0.717) is 12.0 Å². The van der Waals surface area contributed by atoms with Crippen molar-refractivity contribution < 1.29 is 4.79 Å². The fraction of sp³-hybridized carbons (Fsp3) is 0.562. The van der Waals surface area contributed by atoms with Crippen LogP contribution in [-0.2, 0) is 17.6 Å². The number of piperidine rings is 1. The van der Waals surface area contributed by atoms with Crippen molar-refractivity contribution in [3.63, 3.8) is 0 Å². The first-order valence-corrected chi connectivity index (χ1v) is 7.30. The van der Waals surface area contributed by atoms with Gasteiger partial charge in [-0.2, -0.15) is 0 Å². The molecule has 102 valence electrons. The molecule has 0 bridgehead atoms. The van der Waals surface area contributed by atoms with Crippen molar-refractivity contribution in [3.05, 3.63) is 35.4 Å². The minimum Gasteiger partial charge on any atom is -0.352 e. The predicted octanol–water partition coefficient (Wildman–Crippen LogP) is 1.52. The van der Waals surface area contributed by atoms with Crippen molar-refractivity contribution in [1.82, 2.24) is 10.6 Å². The van der Waals surface area contributed by atoms with E-state index in [1.54, 1.807) is 0 Å². The van der Waals surface area contributed by atoms with Crippen LogP contribution in [0.1, 0.15) is 24.5 Å². The van der Waals surface area contributed by atoms with Crippen LogP contribution in [0, 0.1) is 11.8 Å². The molecule has 1 aromatic carbocycles. The second kappa shape index (κ2) is 5.33. The summed E-state index contributed by atoms with van der Waals surface area (Å²) in [7, 11) is 0. The minimum atomic E-state index is 0.134. The van der Waals surface area contributed by atoms with Gasteiger partial charge in [-0.3, -0.25) is 4.79 Å². The fourth-order valence-corrected chi connectivity index (χ4v) is 3.33. The zero-order chi connectivity index (χ0) is 13.2. The van der Waals surface area contributed by atoms with Gasteiger partial charge < -0.3 is 10.6 Å². The van der Waals surface area contributed by atoms with E-state index in [2.05, 4.69) is 41.8 Å². The Hall–Kier alpha value is -1.35. The Morgan fingerprint density at radius 2 is 1.89 bits per heavy atom. The van der Waals surface area contributed by atoms with Gasteiger partial charge >= 0.3 is 0 Å². The number of amides is 1. The normalized spacial score (nSPS) is 27.0. The third-order valence-corrected chi connectivity index (χ3v) is 4.34. The number of benzene rings is 1. The second-order valence-electron chi connectivity index (χ2n) is 6.08. The first-order chi connectivity index (χ1) is 9.22. The van der Waals surface area contributed by atoms with E-state index >= 15 is 0 Å². The molecule has 1 aliphatic carbocycles. The Morgan fingerprint density at radius 3 is 2.53 bits per heavy atom. The number of rotatable bonds is 2. The van der Waals surface area contributed by atoms with Gasteiger partial charge in [0, 0.05) is 18.5 Å². The summed E-state index contributed by atoms with van der Waals surface area (Å²) >= 11 is 0. The maximum atomic E-state index is 12.3. The molecule has 3 rings (SSSR count). The second-order valence-corrected chi connectivity index (χ2v) is 6.08. The molecule has 2 aliphatic rings. The number of hydrogen-bond donors (Lipinski definition) is 2. The SMILES string of the molecule is CC1CNCC(NC(=O)C2Cc3ccccc3C2)C1. The van der Waals surface area contributed by atoms with Crippen LogP contribution in [0.5, 0.6) is 0 Å². The fourth-order valence-electron chi connectivity index (χ4n) is 3.33. The van der Waals surface area contributed by atoms with Gasteiger partial charge in [0.15, 0.2) is 0 Å². The Balaban J connectivity index is 1.58. The first kappa shape index (κ1) is 12.7. The standard InChI is InChI=1S/C16H22N2O/c1-11-6-15(10-17-9-11)18-16(19)14-7-12-4-2-3-5-13(12)8-14/h2-5,11,14-15,17H,6-10H2,1H3,(H,18,19). The van der Waals surface area contributed by atoms with Gasteiger partial charge in [0.25, 0.3) is 0 Å². The van der Waals surface area contributed by atoms with Crippen molar-refractivity contribution in [2.45, 2.75) is 32.2 Å². The number of nitrogens with one attached hydrogen (secondary N) is 2. The van der Waals surface area contributed by atoms with Crippen LogP contribution in [0.2, 0.25) is 0 Å². The van der Waals surface area contributed by atoms with E-state index in [4.69, 9.17) is 0 Å².